The Morgan fingerprint density at radius 1 is 1.11 bits per heavy atom. The number of rotatable bonds is 6. The molecule has 6 heteroatoms. The van der Waals surface area contributed by atoms with Crippen LogP contribution >= 0.6 is 12.4 Å². The zero-order valence-electron chi connectivity index (χ0n) is 10.9. The molecule has 1 saturated heterocycles. The minimum absolute atomic E-state index is 0. The maximum absolute atomic E-state index is 11.8. The Hall–Kier alpha value is 0.160. The molecule has 1 aliphatic carbocycles. The Bertz CT molecular complexity index is 325. The van der Waals surface area contributed by atoms with E-state index >= 15 is 0 Å². The summed E-state index contributed by atoms with van der Waals surface area (Å²) in [6.07, 6.45) is 6.88. The lowest BCUT2D eigenvalue weighted by molar-refractivity contribution is 0.307. The minimum Gasteiger partial charge on any atom is -0.316 e. The van der Waals surface area contributed by atoms with Gasteiger partial charge in [0.05, 0.1) is 5.75 Å². The molecule has 1 saturated carbocycles. The Kier molecular flexibility index (Phi) is 6.92. The third-order valence-corrected chi connectivity index (χ3v) is 5.39. The van der Waals surface area contributed by atoms with Crippen LogP contribution in [0.3, 0.4) is 0 Å². The summed E-state index contributed by atoms with van der Waals surface area (Å²) in [5.74, 6) is 1.46. The van der Waals surface area contributed by atoms with Crippen LogP contribution in [0, 0.1) is 11.8 Å². The molecule has 1 atom stereocenters. The van der Waals surface area contributed by atoms with Crippen molar-refractivity contribution >= 4 is 22.4 Å². The van der Waals surface area contributed by atoms with Crippen molar-refractivity contribution in [3.8, 4) is 0 Å². The highest BCUT2D eigenvalue weighted by Gasteiger charge is 2.21. The Balaban J connectivity index is 0.00000162. The van der Waals surface area contributed by atoms with Gasteiger partial charge in [0.25, 0.3) is 0 Å². The third kappa shape index (κ3) is 5.43. The van der Waals surface area contributed by atoms with E-state index in [9.17, 15) is 8.42 Å². The summed E-state index contributed by atoms with van der Waals surface area (Å²) in [5.41, 5.74) is 0. The van der Waals surface area contributed by atoms with Crippen molar-refractivity contribution in [3.05, 3.63) is 0 Å². The van der Waals surface area contributed by atoms with E-state index in [0.717, 1.165) is 32.4 Å². The number of nitrogens with one attached hydrogen (secondary N) is 2. The minimum atomic E-state index is -3.03. The maximum Gasteiger partial charge on any atom is 0.211 e. The van der Waals surface area contributed by atoms with Gasteiger partial charge in [0.1, 0.15) is 0 Å². The zero-order chi connectivity index (χ0) is 12.1. The fourth-order valence-electron chi connectivity index (χ4n) is 2.52. The van der Waals surface area contributed by atoms with E-state index in [2.05, 4.69) is 10.0 Å². The van der Waals surface area contributed by atoms with E-state index in [1.807, 2.05) is 0 Å². The molecule has 0 amide bonds. The van der Waals surface area contributed by atoms with Gasteiger partial charge in [-0.15, -0.1) is 12.4 Å². The van der Waals surface area contributed by atoms with Gasteiger partial charge in [0.2, 0.25) is 10.0 Å². The molecule has 2 fully saturated rings. The molecule has 4 nitrogen and oxygen atoms in total. The molecule has 2 aliphatic rings. The molecule has 0 spiro atoms. The molecule has 2 rings (SSSR count). The SMILES string of the molecule is Cl.O=S(=O)(CCC1CCC1)NCC1CCCNC1. The van der Waals surface area contributed by atoms with Crippen molar-refractivity contribution in [2.24, 2.45) is 11.8 Å². The third-order valence-electron chi connectivity index (χ3n) is 4.01. The molecule has 0 aromatic heterocycles. The van der Waals surface area contributed by atoms with E-state index in [0.29, 0.717) is 24.1 Å². The van der Waals surface area contributed by atoms with Crippen molar-refractivity contribution in [1.82, 2.24) is 10.0 Å². The Morgan fingerprint density at radius 2 is 1.83 bits per heavy atom. The van der Waals surface area contributed by atoms with Crippen LogP contribution in [0.15, 0.2) is 0 Å². The number of piperidine rings is 1. The number of hydrogen-bond acceptors (Lipinski definition) is 3. The van der Waals surface area contributed by atoms with E-state index in [1.165, 1.54) is 19.3 Å². The molecular formula is C12H25ClN2O2S. The lowest BCUT2D eigenvalue weighted by Gasteiger charge is -2.25. The first-order chi connectivity index (χ1) is 8.16. The van der Waals surface area contributed by atoms with Crippen LogP contribution in [0.25, 0.3) is 0 Å². The largest absolute Gasteiger partial charge is 0.316 e. The normalized spacial score (nSPS) is 25.2. The van der Waals surface area contributed by atoms with Gasteiger partial charge in [-0.1, -0.05) is 19.3 Å². The number of hydrogen-bond donors (Lipinski definition) is 2. The molecule has 2 N–H and O–H groups in total. The summed E-state index contributed by atoms with van der Waals surface area (Å²) in [6, 6.07) is 0. The first-order valence-electron chi connectivity index (χ1n) is 6.84. The standard InChI is InChI=1S/C12H24N2O2S.ClH/c15-17(16,8-6-11-3-1-4-11)14-10-12-5-2-7-13-9-12;/h11-14H,1-10H2;1H. The van der Waals surface area contributed by atoms with Crippen molar-refractivity contribution in [3.63, 3.8) is 0 Å². The van der Waals surface area contributed by atoms with Crippen LogP contribution in [-0.2, 0) is 10.0 Å². The van der Waals surface area contributed by atoms with Gasteiger partial charge < -0.3 is 5.32 Å². The highest BCUT2D eigenvalue weighted by Crippen LogP contribution is 2.29. The summed E-state index contributed by atoms with van der Waals surface area (Å²) < 4.78 is 26.3. The number of halogens is 1. The molecule has 0 aromatic rings. The fraction of sp³-hybridized carbons (Fsp3) is 1.00. The van der Waals surface area contributed by atoms with Crippen molar-refractivity contribution in [2.75, 3.05) is 25.4 Å². The van der Waals surface area contributed by atoms with Gasteiger partial charge in [0.15, 0.2) is 0 Å². The van der Waals surface area contributed by atoms with Gasteiger partial charge in [0, 0.05) is 6.54 Å². The predicted molar refractivity (Wildman–Crippen MR) is 76.6 cm³/mol. The maximum atomic E-state index is 11.8. The Morgan fingerprint density at radius 3 is 2.39 bits per heavy atom. The van der Waals surface area contributed by atoms with Crippen molar-refractivity contribution in [1.29, 1.82) is 0 Å². The smallest absolute Gasteiger partial charge is 0.211 e. The summed E-state index contributed by atoms with van der Waals surface area (Å²) >= 11 is 0. The van der Waals surface area contributed by atoms with Crippen molar-refractivity contribution in [2.45, 2.75) is 38.5 Å². The van der Waals surface area contributed by atoms with Crippen LogP contribution in [0.4, 0.5) is 0 Å². The lowest BCUT2D eigenvalue weighted by atomic mass is 9.84. The van der Waals surface area contributed by atoms with Gasteiger partial charge >= 0.3 is 0 Å². The average Bonchev–Trinajstić information content (AvgIpc) is 2.26. The quantitative estimate of drug-likeness (QED) is 0.781. The summed E-state index contributed by atoms with van der Waals surface area (Å²) in [7, 11) is -3.03. The van der Waals surface area contributed by atoms with Crippen LogP contribution in [0.5, 0.6) is 0 Å². The lowest BCUT2D eigenvalue weighted by Crippen LogP contribution is -2.39. The molecule has 1 unspecified atom stereocenters. The van der Waals surface area contributed by atoms with Crippen LogP contribution in [0.1, 0.15) is 38.5 Å². The zero-order valence-corrected chi connectivity index (χ0v) is 12.5. The fourth-order valence-corrected chi connectivity index (χ4v) is 3.80. The van der Waals surface area contributed by atoms with Crippen LogP contribution in [0.2, 0.25) is 0 Å². The van der Waals surface area contributed by atoms with Gasteiger partial charge in [-0.3, -0.25) is 0 Å². The molecule has 0 aromatic carbocycles. The summed E-state index contributed by atoms with van der Waals surface area (Å²) in [6.45, 7) is 2.63. The summed E-state index contributed by atoms with van der Waals surface area (Å²) in [4.78, 5) is 0. The van der Waals surface area contributed by atoms with E-state index in [4.69, 9.17) is 0 Å². The highest BCUT2D eigenvalue weighted by atomic mass is 35.5. The molecule has 108 valence electrons. The first-order valence-corrected chi connectivity index (χ1v) is 8.49. The molecule has 18 heavy (non-hydrogen) atoms. The van der Waals surface area contributed by atoms with Crippen LogP contribution in [-0.4, -0.2) is 33.8 Å². The topological polar surface area (TPSA) is 58.2 Å². The molecule has 0 radical (unpaired) electrons. The van der Waals surface area contributed by atoms with Gasteiger partial charge in [-0.2, -0.15) is 0 Å². The second-order valence-corrected chi connectivity index (χ2v) is 7.39. The van der Waals surface area contributed by atoms with Crippen LogP contribution < -0.4 is 10.0 Å². The Labute approximate surface area is 117 Å². The highest BCUT2D eigenvalue weighted by molar-refractivity contribution is 7.89. The first kappa shape index (κ1) is 16.2. The molecule has 1 heterocycles. The average molecular weight is 297 g/mol. The van der Waals surface area contributed by atoms with Crippen molar-refractivity contribution < 1.29 is 8.42 Å². The van der Waals surface area contributed by atoms with E-state index in [-0.39, 0.29) is 12.4 Å². The van der Waals surface area contributed by atoms with E-state index < -0.39 is 10.0 Å². The van der Waals surface area contributed by atoms with E-state index in [1.54, 1.807) is 0 Å². The second kappa shape index (κ2) is 7.68. The van der Waals surface area contributed by atoms with Gasteiger partial charge in [-0.25, -0.2) is 13.1 Å². The second-order valence-electron chi connectivity index (χ2n) is 5.47. The van der Waals surface area contributed by atoms with Gasteiger partial charge in [-0.05, 0) is 44.2 Å². The summed E-state index contributed by atoms with van der Waals surface area (Å²) in [5, 5.41) is 3.30. The molecular weight excluding hydrogens is 272 g/mol. The predicted octanol–water partition coefficient (Wildman–Crippen LogP) is 1.52. The molecule has 0 bridgehead atoms. The number of sulfonamides is 1. The monoisotopic (exact) mass is 296 g/mol. The molecule has 1 aliphatic heterocycles.